The maximum Gasteiger partial charge on any atom is 0.141 e. The van der Waals surface area contributed by atoms with E-state index in [4.69, 9.17) is 23.2 Å². The van der Waals surface area contributed by atoms with E-state index in [1.165, 1.54) is 6.07 Å². The fourth-order valence-electron chi connectivity index (χ4n) is 2.21. The first-order valence-electron chi connectivity index (χ1n) is 6.15. The highest BCUT2D eigenvalue weighted by Crippen LogP contribution is 2.29. The summed E-state index contributed by atoms with van der Waals surface area (Å²) in [5, 5.41) is -0.195. The number of halogens is 3. The minimum absolute atomic E-state index is 0.0773. The van der Waals surface area contributed by atoms with Gasteiger partial charge >= 0.3 is 0 Å². The van der Waals surface area contributed by atoms with Crippen LogP contribution >= 0.6 is 23.2 Å². The number of rotatable bonds is 2. The summed E-state index contributed by atoms with van der Waals surface area (Å²) in [5.41, 5.74) is 2.50. The SMILES string of the molecule is CC(Cl)c1nc2ccccc2n1-c1ccc(F)c(Cl)c1. The number of hydrogen-bond acceptors (Lipinski definition) is 1. The third kappa shape index (κ3) is 2.17. The molecule has 0 bridgehead atoms. The fourth-order valence-corrected chi connectivity index (χ4v) is 2.53. The van der Waals surface area contributed by atoms with E-state index >= 15 is 0 Å². The second-order valence-electron chi connectivity index (χ2n) is 4.51. The number of alkyl halides is 1. The Bertz CT molecular complexity index is 781. The average Bonchev–Trinajstić information content (AvgIpc) is 2.81. The largest absolute Gasteiger partial charge is 0.295 e. The highest BCUT2D eigenvalue weighted by atomic mass is 35.5. The first-order chi connectivity index (χ1) is 9.58. The molecule has 0 spiro atoms. The summed E-state index contributed by atoms with van der Waals surface area (Å²) in [7, 11) is 0. The zero-order chi connectivity index (χ0) is 14.3. The van der Waals surface area contributed by atoms with Gasteiger partial charge in [0.1, 0.15) is 11.6 Å². The van der Waals surface area contributed by atoms with Gasteiger partial charge in [-0.3, -0.25) is 4.57 Å². The van der Waals surface area contributed by atoms with Gasteiger partial charge in [-0.1, -0.05) is 23.7 Å². The van der Waals surface area contributed by atoms with Crippen LogP contribution in [0.15, 0.2) is 42.5 Å². The second-order valence-corrected chi connectivity index (χ2v) is 5.57. The van der Waals surface area contributed by atoms with Crippen LogP contribution < -0.4 is 0 Å². The predicted octanol–water partition coefficient (Wildman–Crippen LogP) is 5.12. The summed E-state index contributed by atoms with van der Waals surface area (Å²) in [6.07, 6.45) is 0. The summed E-state index contributed by atoms with van der Waals surface area (Å²) in [4.78, 5) is 4.53. The molecule has 3 rings (SSSR count). The lowest BCUT2D eigenvalue weighted by atomic mass is 10.2. The molecule has 0 saturated carbocycles. The summed E-state index contributed by atoms with van der Waals surface area (Å²) >= 11 is 12.1. The van der Waals surface area contributed by atoms with Crippen molar-refractivity contribution in [3.05, 3.63) is 59.1 Å². The normalized spacial score (nSPS) is 12.8. The van der Waals surface area contributed by atoms with E-state index in [-0.39, 0.29) is 10.4 Å². The van der Waals surface area contributed by atoms with Gasteiger partial charge in [0.15, 0.2) is 0 Å². The van der Waals surface area contributed by atoms with Crippen LogP contribution in [-0.2, 0) is 0 Å². The molecule has 1 unspecified atom stereocenters. The monoisotopic (exact) mass is 308 g/mol. The molecule has 1 atom stereocenters. The molecule has 5 heteroatoms. The van der Waals surface area contributed by atoms with Crippen molar-refractivity contribution in [1.29, 1.82) is 0 Å². The van der Waals surface area contributed by atoms with Crippen LogP contribution in [0.4, 0.5) is 4.39 Å². The number of hydrogen-bond donors (Lipinski definition) is 0. The fraction of sp³-hybridized carbons (Fsp3) is 0.133. The van der Waals surface area contributed by atoms with E-state index in [2.05, 4.69) is 4.98 Å². The van der Waals surface area contributed by atoms with Gasteiger partial charge in [0.05, 0.1) is 21.4 Å². The smallest absolute Gasteiger partial charge is 0.141 e. The molecular formula is C15H11Cl2FN2. The number of fused-ring (bicyclic) bond motifs is 1. The van der Waals surface area contributed by atoms with Crippen LogP contribution in [0.3, 0.4) is 0 Å². The van der Waals surface area contributed by atoms with Crippen LogP contribution in [0.25, 0.3) is 16.7 Å². The molecule has 2 nitrogen and oxygen atoms in total. The third-order valence-electron chi connectivity index (χ3n) is 3.10. The lowest BCUT2D eigenvalue weighted by Gasteiger charge is -2.11. The van der Waals surface area contributed by atoms with Gasteiger partial charge in [-0.15, -0.1) is 11.6 Å². The molecule has 1 heterocycles. The number of aromatic nitrogens is 2. The van der Waals surface area contributed by atoms with E-state index in [1.807, 2.05) is 35.8 Å². The van der Waals surface area contributed by atoms with Crippen LogP contribution in [0.5, 0.6) is 0 Å². The minimum Gasteiger partial charge on any atom is -0.295 e. The number of nitrogens with zero attached hydrogens (tertiary/aromatic N) is 2. The Morgan fingerprint density at radius 1 is 1.20 bits per heavy atom. The van der Waals surface area contributed by atoms with Crippen molar-refractivity contribution < 1.29 is 4.39 Å². The van der Waals surface area contributed by atoms with Crippen molar-refractivity contribution in [2.75, 3.05) is 0 Å². The summed E-state index contributed by atoms with van der Waals surface area (Å²) < 4.78 is 15.2. The summed E-state index contributed by atoms with van der Waals surface area (Å²) in [5.74, 6) is 0.260. The molecular weight excluding hydrogens is 298 g/mol. The molecule has 0 saturated heterocycles. The molecule has 0 fully saturated rings. The molecule has 102 valence electrons. The van der Waals surface area contributed by atoms with Crippen LogP contribution in [-0.4, -0.2) is 9.55 Å². The minimum atomic E-state index is -0.444. The summed E-state index contributed by atoms with van der Waals surface area (Å²) in [6, 6.07) is 12.3. The highest BCUT2D eigenvalue weighted by molar-refractivity contribution is 6.30. The molecule has 0 aliphatic heterocycles. The van der Waals surface area contributed by atoms with Crippen molar-refractivity contribution in [2.45, 2.75) is 12.3 Å². The highest BCUT2D eigenvalue weighted by Gasteiger charge is 2.16. The summed E-state index contributed by atoms with van der Waals surface area (Å²) in [6.45, 7) is 1.85. The van der Waals surface area contributed by atoms with Crippen molar-refractivity contribution in [2.24, 2.45) is 0 Å². The van der Waals surface area contributed by atoms with Gasteiger partial charge in [0, 0.05) is 5.69 Å². The van der Waals surface area contributed by atoms with Crippen molar-refractivity contribution in [3.63, 3.8) is 0 Å². The van der Waals surface area contributed by atoms with E-state index in [1.54, 1.807) is 12.1 Å². The van der Waals surface area contributed by atoms with Crippen LogP contribution in [0, 0.1) is 5.82 Å². The topological polar surface area (TPSA) is 17.8 Å². The Balaban J connectivity index is 2.33. The maximum atomic E-state index is 13.3. The molecule has 0 N–H and O–H groups in total. The van der Waals surface area contributed by atoms with Gasteiger partial charge < -0.3 is 0 Å². The van der Waals surface area contributed by atoms with Crippen molar-refractivity contribution in [1.82, 2.24) is 9.55 Å². The molecule has 0 aliphatic carbocycles. The Hall–Kier alpha value is -1.58. The van der Waals surface area contributed by atoms with E-state index in [0.717, 1.165) is 16.7 Å². The number of para-hydroxylation sites is 2. The number of imidazole rings is 1. The zero-order valence-electron chi connectivity index (χ0n) is 10.6. The van der Waals surface area contributed by atoms with E-state index in [0.29, 0.717) is 5.82 Å². The zero-order valence-corrected chi connectivity index (χ0v) is 12.2. The second kappa shape index (κ2) is 5.08. The Morgan fingerprint density at radius 3 is 2.65 bits per heavy atom. The van der Waals surface area contributed by atoms with E-state index < -0.39 is 5.82 Å². The Morgan fingerprint density at radius 2 is 1.95 bits per heavy atom. The van der Waals surface area contributed by atoms with Gasteiger partial charge in [-0.25, -0.2) is 9.37 Å². The molecule has 1 aromatic heterocycles. The Labute approximate surface area is 125 Å². The first kappa shape index (κ1) is 13.4. The lowest BCUT2D eigenvalue weighted by molar-refractivity contribution is 0.627. The lowest BCUT2D eigenvalue weighted by Crippen LogP contribution is -2.02. The third-order valence-corrected chi connectivity index (χ3v) is 3.59. The van der Waals surface area contributed by atoms with E-state index in [9.17, 15) is 4.39 Å². The molecule has 20 heavy (non-hydrogen) atoms. The molecule has 0 radical (unpaired) electrons. The standard InChI is InChI=1S/C15H11Cl2FN2/c1-9(16)15-19-13-4-2-3-5-14(13)20(15)10-6-7-12(18)11(17)8-10/h2-9H,1H3. The van der Waals surface area contributed by atoms with Crippen molar-refractivity contribution >= 4 is 34.2 Å². The predicted molar refractivity (Wildman–Crippen MR) is 80.3 cm³/mol. The van der Waals surface area contributed by atoms with Crippen LogP contribution in [0.2, 0.25) is 5.02 Å². The molecule has 3 aromatic rings. The quantitative estimate of drug-likeness (QED) is 0.601. The Kier molecular flexibility index (Phi) is 3.40. The molecule has 0 aliphatic rings. The van der Waals surface area contributed by atoms with Crippen LogP contribution in [0.1, 0.15) is 18.1 Å². The average molecular weight is 309 g/mol. The number of benzene rings is 2. The van der Waals surface area contributed by atoms with Gasteiger partial charge in [0.2, 0.25) is 0 Å². The molecule has 2 aromatic carbocycles. The maximum absolute atomic E-state index is 13.3. The molecule has 0 amide bonds. The van der Waals surface area contributed by atoms with Crippen molar-refractivity contribution in [3.8, 4) is 5.69 Å². The van der Waals surface area contributed by atoms with Gasteiger partial charge in [-0.2, -0.15) is 0 Å². The first-order valence-corrected chi connectivity index (χ1v) is 6.96. The van der Waals surface area contributed by atoms with Gasteiger partial charge in [-0.05, 0) is 37.3 Å². The van der Waals surface area contributed by atoms with Gasteiger partial charge in [0.25, 0.3) is 0 Å².